The third-order valence-corrected chi connectivity index (χ3v) is 3.76. The van der Waals surface area contributed by atoms with E-state index < -0.39 is 17.6 Å². The zero-order chi connectivity index (χ0) is 15.2. The predicted octanol–water partition coefficient (Wildman–Crippen LogP) is 1.65. The number of hydrogen-bond acceptors (Lipinski definition) is 3. The van der Waals surface area contributed by atoms with Crippen LogP contribution in [-0.2, 0) is 11.2 Å². The predicted molar refractivity (Wildman–Crippen MR) is 75.2 cm³/mol. The molecule has 1 unspecified atom stereocenters. The summed E-state index contributed by atoms with van der Waals surface area (Å²) in [6.45, 7) is 3.16. The molecule has 0 saturated carbocycles. The quantitative estimate of drug-likeness (QED) is 0.868. The Labute approximate surface area is 122 Å². The van der Waals surface area contributed by atoms with Crippen molar-refractivity contribution in [3.63, 3.8) is 0 Å². The van der Waals surface area contributed by atoms with Gasteiger partial charge in [-0.3, -0.25) is 9.69 Å². The average Bonchev–Trinajstić information content (AvgIpc) is 2.70. The summed E-state index contributed by atoms with van der Waals surface area (Å²) in [5.74, 6) is -1.91. The van der Waals surface area contributed by atoms with Gasteiger partial charge in [0, 0.05) is 19.1 Å². The number of benzene rings is 1. The molecule has 1 aliphatic heterocycles. The minimum absolute atomic E-state index is 0.0735. The summed E-state index contributed by atoms with van der Waals surface area (Å²) in [6, 6.07) is 2.99. The maximum Gasteiger partial charge on any atom is 0.304 e. The molecule has 4 nitrogen and oxygen atoms in total. The smallest absolute Gasteiger partial charge is 0.304 e. The highest BCUT2D eigenvalue weighted by atomic mass is 19.1. The summed E-state index contributed by atoms with van der Waals surface area (Å²) >= 11 is 0. The van der Waals surface area contributed by atoms with Crippen LogP contribution in [0.4, 0.5) is 8.78 Å². The van der Waals surface area contributed by atoms with Crippen LogP contribution in [0.3, 0.4) is 0 Å². The maximum atomic E-state index is 13.8. The van der Waals surface area contributed by atoms with E-state index in [0.717, 1.165) is 50.8 Å². The van der Waals surface area contributed by atoms with Crippen molar-refractivity contribution in [2.75, 3.05) is 26.2 Å². The van der Waals surface area contributed by atoms with E-state index in [4.69, 9.17) is 5.11 Å². The molecule has 1 saturated heterocycles. The van der Waals surface area contributed by atoms with Crippen molar-refractivity contribution < 1.29 is 18.7 Å². The van der Waals surface area contributed by atoms with Crippen molar-refractivity contribution in [2.45, 2.75) is 25.3 Å². The standard InChI is InChI=1S/C15H20F2N2O2/c16-12-2-3-14(17)11(8-12)9-13(10-15(20)21)19-6-1-4-18-5-7-19/h2-3,8,13,18H,1,4-7,9-10H2,(H,20,21). The van der Waals surface area contributed by atoms with E-state index in [1.807, 2.05) is 0 Å². The SMILES string of the molecule is O=C(O)CC(Cc1cc(F)ccc1F)N1CCCNCC1. The van der Waals surface area contributed by atoms with Crippen LogP contribution in [0.25, 0.3) is 0 Å². The number of carbonyl (C=O) groups is 1. The molecule has 1 aliphatic rings. The molecule has 116 valence electrons. The maximum absolute atomic E-state index is 13.8. The number of rotatable bonds is 5. The summed E-state index contributed by atoms with van der Waals surface area (Å²) in [4.78, 5) is 13.1. The number of carboxylic acid groups (broad SMARTS) is 1. The molecular formula is C15H20F2N2O2. The van der Waals surface area contributed by atoms with Gasteiger partial charge in [0.15, 0.2) is 0 Å². The first-order valence-corrected chi connectivity index (χ1v) is 7.17. The molecule has 1 heterocycles. The van der Waals surface area contributed by atoms with Crippen molar-refractivity contribution in [3.8, 4) is 0 Å². The van der Waals surface area contributed by atoms with E-state index in [0.29, 0.717) is 0 Å². The Morgan fingerprint density at radius 2 is 2.14 bits per heavy atom. The summed E-state index contributed by atoms with van der Waals surface area (Å²) in [6.07, 6.45) is 1.05. The Hall–Kier alpha value is -1.53. The van der Waals surface area contributed by atoms with Crippen LogP contribution >= 0.6 is 0 Å². The summed E-state index contributed by atoms with van der Waals surface area (Å²) in [5, 5.41) is 12.3. The molecule has 1 atom stereocenters. The van der Waals surface area contributed by atoms with Gasteiger partial charge in [-0.25, -0.2) is 8.78 Å². The van der Waals surface area contributed by atoms with E-state index in [-0.39, 0.29) is 24.4 Å². The average molecular weight is 298 g/mol. The first-order chi connectivity index (χ1) is 10.1. The molecule has 2 N–H and O–H groups in total. The molecule has 0 bridgehead atoms. The normalized spacial score (nSPS) is 18.2. The van der Waals surface area contributed by atoms with Gasteiger partial charge in [0.1, 0.15) is 11.6 Å². The molecule has 0 spiro atoms. The topological polar surface area (TPSA) is 52.6 Å². The van der Waals surface area contributed by atoms with Gasteiger partial charge in [-0.2, -0.15) is 0 Å². The second-order valence-electron chi connectivity index (χ2n) is 5.33. The number of carboxylic acids is 1. The van der Waals surface area contributed by atoms with Gasteiger partial charge in [0.2, 0.25) is 0 Å². The molecule has 0 aliphatic carbocycles. The molecule has 1 aromatic carbocycles. The molecule has 0 radical (unpaired) electrons. The summed E-state index contributed by atoms with van der Waals surface area (Å²) < 4.78 is 27.0. The first kappa shape index (κ1) is 15.9. The molecule has 1 fully saturated rings. The molecule has 1 aromatic rings. The molecule has 0 aromatic heterocycles. The Bertz CT molecular complexity index is 489. The number of aliphatic carboxylic acids is 1. The van der Waals surface area contributed by atoms with Crippen molar-refractivity contribution in [1.29, 1.82) is 0 Å². The monoisotopic (exact) mass is 298 g/mol. The van der Waals surface area contributed by atoms with Gasteiger partial charge in [0.25, 0.3) is 0 Å². The van der Waals surface area contributed by atoms with Crippen LogP contribution in [0.5, 0.6) is 0 Å². The third-order valence-electron chi connectivity index (χ3n) is 3.76. The van der Waals surface area contributed by atoms with Crippen LogP contribution in [-0.4, -0.2) is 48.2 Å². The Morgan fingerprint density at radius 1 is 1.33 bits per heavy atom. The minimum Gasteiger partial charge on any atom is -0.481 e. The Morgan fingerprint density at radius 3 is 2.90 bits per heavy atom. The van der Waals surface area contributed by atoms with Gasteiger partial charge >= 0.3 is 5.97 Å². The van der Waals surface area contributed by atoms with E-state index in [1.54, 1.807) is 0 Å². The molecular weight excluding hydrogens is 278 g/mol. The molecule has 21 heavy (non-hydrogen) atoms. The fourth-order valence-corrected chi connectivity index (χ4v) is 2.72. The van der Waals surface area contributed by atoms with Gasteiger partial charge in [-0.05, 0) is 49.7 Å². The van der Waals surface area contributed by atoms with E-state index in [2.05, 4.69) is 10.2 Å². The van der Waals surface area contributed by atoms with Crippen LogP contribution in [0.1, 0.15) is 18.4 Å². The van der Waals surface area contributed by atoms with Gasteiger partial charge < -0.3 is 10.4 Å². The molecule has 0 amide bonds. The number of nitrogens with zero attached hydrogens (tertiary/aromatic N) is 1. The summed E-state index contributed by atoms with van der Waals surface area (Å²) in [7, 11) is 0. The molecule has 2 rings (SSSR count). The van der Waals surface area contributed by atoms with Crippen molar-refractivity contribution >= 4 is 5.97 Å². The van der Waals surface area contributed by atoms with Gasteiger partial charge in [-0.1, -0.05) is 0 Å². The van der Waals surface area contributed by atoms with Crippen molar-refractivity contribution in [3.05, 3.63) is 35.4 Å². The zero-order valence-electron chi connectivity index (χ0n) is 11.8. The lowest BCUT2D eigenvalue weighted by Gasteiger charge is -2.29. The second-order valence-corrected chi connectivity index (χ2v) is 5.33. The highest BCUT2D eigenvalue weighted by Gasteiger charge is 2.23. The van der Waals surface area contributed by atoms with E-state index >= 15 is 0 Å². The van der Waals surface area contributed by atoms with E-state index in [9.17, 15) is 13.6 Å². The largest absolute Gasteiger partial charge is 0.481 e. The van der Waals surface area contributed by atoms with E-state index in [1.165, 1.54) is 0 Å². The fourth-order valence-electron chi connectivity index (χ4n) is 2.72. The minimum atomic E-state index is -0.922. The first-order valence-electron chi connectivity index (χ1n) is 7.17. The zero-order valence-corrected chi connectivity index (χ0v) is 11.8. The number of hydrogen-bond donors (Lipinski definition) is 2. The van der Waals surface area contributed by atoms with Crippen LogP contribution in [0, 0.1) is 11.6 Å². The van der Waals surface area contributed by atoms with Crippen LogP contribution < -0.4 is 5.32 Å². The van der Waals surface area contributed by atoms with Gasteiger partial charge in [0.05, 0.1) is 6.42 Å². The lowest BCUT2D eigenvalue weighted by atomic mass is 10.0. The third kappa shape index (κ3) is 4.75. The van der Waals surface area contributed by atoms with Crippen molar-refractivity contribution in [1.82, 2.24) is 10.2 Å². The number of halogens is 2. The molecule has 6 heteroatoms. The Balaban J connectivity index is 2.14. The van der Waals surface area contributed by atoms with Crippen molar-refractivity contribution in [2.24, 2.45) is 0 Å². The lowest BCUT2D eigenvalue weighted by molar-refractivity contribution is -0.138. The number of nitrogens with one attached hydrogen (secondary N) is 1. The summed E-state index contributed by atoms with van der Waals surface area (Å²) in [5.41, 5.74) is 0.235. The lowest BCUT2D eigenvalue weighted by Crippen LogP contribution is -2.40. The van der Waals surface area contributed by atoms with Crippen LogP contribution in [0.15, 0.2) is 18.2 Å². The highest BCUT2D eigenvalue weighted by Crippen LogP contribution is 2.17. The second kappa shape index (κ2) is 7.47. The fraction of sp³-hybridized carbons (Fsp3) is 0.533. The highest BCUT2D eigenvalue weighted by molar-refractivity contribution is 5.67. The van der Waals surface area contributed by atoms with Crippen LogP contribution in [0.2, 0.25) is 0 Å². The van der Waals surface area contributed by atoms with Gasteiger partial charge in [-0.15, -0.1) is 0 Å². The Kier molecular flexibility index (Phi) is 5.64.